The molecule has 0 unspecified atom stereocenters. The first-order chi connectivity index (χ1) is 7.65. The van der Waals surface area contributed by atoms with Crippen LogP contribution in [-0.4, -0.2) is 16.0 Å². The highest BCUT2D eigenvalue weighted by Gasteiger charge is 2.05. The molecule has 0 saturated heterocycles. The third-order valence-corrected chi connectivity index (χ3v) is 2.47. The quantitative estimate of drug-likeness (QED) is 0.798. The molecule has 0 saturated carbocycles. The fourth-order valence-electron chi connectivity index (χ4n) is 1.67. The van der Waals surface area contributed by atoms with Crippen molar-refractivity contribution < 1.29 is 4.79 Å². The van der Waals surface area contributed by atoms with Gasteiger partial charge in [-0.25, -0.2) is 0 Å². The number of rotatable bonds is 3. The van der Waals surface area contributed by atoms with E-state index in [1.165, 1.54) is 18.1 Å². The second kappa shape index (κ2) is 4.31. The van der Waals surface area contributed by atoms with Crippen LogP contribution in [-0.2, 0) is 6.42 Å². The molecule has 16 heavy (non-hydrogen) atoms. The molecule has 0 aliphatic carbocycles. The summed E-state index contributed by atoms with van der Waals surface area (Å²) in [5.74, 6) is -0.00765. The average Bonchev–Trinajstić information content (AvgIpc) is 2.66. The predicted molar refractivity (Wildman–Crippen MR) is 62.6 cm³/mol. The first-order valence-corrected chi connectivity index (χ1v) is 5.26. The maximum Gasteiger partial charge on any atom is 0.179 e. The van der Waals surface area contributed by atoms with Gasteiger partial charge in [0.2, 0.25) is 0 Å². The van der Waals surface area contributed by atoms with Crippen LogP contribution in [0.25, 0.3) is 0 Å². The van der Waals surface area contributed by atoms with Gasteiger partial charge in [-0.2, -0.15) is 5.10 Å². The van der Waals surface area contributed by atoms with Gasteiger partial charge in [-0.15, -0.1) is 0 Å². The van der Waals surface area contributed by atoms with Gasteiger partial charge < -0.3 is 0 Å². The Morgan fingerprint density at radius 2 is 2.19 bits per heavy atom. The highest BCUT2D eigenvalue weighted by Crippen LogP contribution is 2.10. The number of carbonyl (C=O) groups is 1. The van der Waals surface area contributed by atoms with Crippen LogP contribution in [0.2, 0.25) is 0 Å². The molecule has 0 fully saturated rings. The lowest BCUT2D eigenvalue weighted by molar-refractivity contribution is 0.101. The number of Topliss-reactive ketones (excluding diaryl/α,β-unsaturated/α-hetero) is 1. The van der Waals surface area contributed by atoms with E-state index in [0.29, 0.717) is 5.69 Å². The number of nitrogens with one attached hydrogen (secondary N) is 1. The number of H-pyrrole nitrogens is 1. The predicted octanol–water partition coefficient (Wildman–Crippen LogP) is 2.51. The molecule has 0 amide bonds. The number of aryl methyl sites for hydroxylation is 1. The van der Waals surface area contributed by atoms with Crippen molar-refractivity contribution in [2.45, 2.75) is 20.3 Å². The van der Waals surface area contributed by atoms with Gasteiger partial charge in [0.15, 0.2) is 5.78 Å². The van der Waals surface area contributed by atoms with E-state index in [4.69, 9.17) is 0 Å². The third kappa shape index (κ3) is 2.37. The van der Waals surface area contributed by atoms with Crippen molar-refractivity contribution >= 4 is 5.78 Å². The molecule has 1 aromatic carbocycles. The summed E-state index contributed by atoms with van der Waals surface area (Å²) in [6.07, 6.45) is 0.780. The molecular weight excluding hydrogens is 200 g/mol. The zero-order chi connectivity index (χ0) is 11.5. The molecule has 0 aliphatic heterocycles. The molecule has 1 N–H and O–H groups in total. The van der Waals surface area contributed by atoms with Crippen LogP contribution in [0.15, 0.2) is 30.3 Å². The first kappa shape index (κ1) is 10.6. The number of nitrogens with zero attached hydrogens (tertiary/aromatic N) is 1. The summed E-state index contributed by atoms with van der Waals surface area (Å²) in [5.41, 5.74) is 3.93. The van der Waals surface area contributed by atoms with E-state index in [1.54, 1.807) is 0 Å². The lowest BCUT2D eigenvalue weighted by atomic mass is 10.1. The average molecular weight is 214 g/mol. The minimum atomic E-state index is -0.00765. The number of benzene rings is 1. The SMILES string of the molecule is CC(=O)c1cc(Cc2cccc(C)c2)[nH]n1. The summed E-state index contributed by atoms with van der Waals surface area (Å²) in [5, 5.41) is 6.84. The molecule has 0 radical (unpaired) electrons. The van der Waals surface area contributed by atoms with E-state index in [2.05, 4.69) is 35.3 Å². The third-order valence-electron chi connectivity index (χ3n) is 2.47. The molecule has 2 aromatic rings. The first-order valence-electron chi connectivity index (χ1n) is 5.26. The fraction of sp³-hybridized carbons (Fsp3) is 0.231. The Labute approximate surface area is 94.5 Å². The minimum Gasteiger partial charge on any atom is -0.293 e. The number of ketones is 1. The van der Waals surface area contributed by atoms with E-state index in [-0.39, 0.29) is 5.78 Å². The monoisotopic (exact) mass is 214 g/mol. The topological polar surface area (TPSA) is 45.8 Å². The summed E-state index contributed by atoms with van der Waals surface area (Å²) < 4.78 is 0. The highest BCUT2D eigenvalue weighted by atomic mass is 16.1. The number of hydrogen-bond donors (Lipinski definition) is 1. The van der Waals surface area contributed by atoms with Crippen LogP contribution in [0.4, 0.5) is 0 Å². The van der Waals surface area contributed by atoms with E-state index in [0.717, 1.165) is 12.1 Å². The minimum absolute atomic E-state index is 0.00765. The molecule has 1 heterocycles. The van der Waals surface area contributed by atoms with Gasteiger partial charge in [-0.3, -0.25) is 9.89 Å². The molecule has 82 valence electrons. The Morgan fingerprint density at radius 3 is 2.81 bits per heavy atom. The Kier molecular flexibility index (Phi) is 2.86. The van der Waals surface area contributed by atoms with Crippen LogP contribution in [0.1, 0.15) is 34.2 Å². The molecule has 3 nitrogen and oxygen atoms in total. The van der Waals surface area contributed by atoms with Crippen LogP contribution >= 0.6 is 0 Å². The molecule has 0 atom stereocenters. The second-order valence-electron chi connectivity index (χ2n) is 4.00. The molecule has 2 rings (SSSR count). The smallest absolute Gasteiger partial charge is 0.179 e. The zero-order valence-corrected chi connectivity index (χ0v) is 9.45. The maximum absolute atomic E-state index is 11.1. The lowest BCUT2D eigenvalue weighted by Crippen LogP contribution is -1.90. The van der Waals surface area contributed by atoms with Gasteiger partial charge >= 0.3 is 0 Å². The normalized spacial score (nSPS) is 10.4. The fourth-order valence-corrected chi connectivity index (χ4v) is 1.67. The molecule has 1 aromatic heterocycles. The van der Waals surface area contributed by atoms with Crippen molar-refractivity contribution in [3.8, 4) is 0 Å². The summed E-state index contributed by atoms with van der Waals surface area (Å²) >= 11 is 0. The Hall–Kier alpha value is -1.90. The van der Waals surface area contributed by atoms with Crippen molar-refractivity contribution in [2.75, 3.05) is 0 Å². The molecule has 3 heteroatoms. The number of aromatic nitrogens is 2. The standard InChI is InChI=1S/C13H14N2O/c1-9-4-3-5-11(6-9)7-12-8-13(10(2)16)15-14-12/h3-6,8H,7H2,1-2H3,(H,14,15). The van der Waals surface area contributed by atoms with Gasteiger partial charge in [0.05, 0.1) is 0 Å². The Bertz CT molecular complexity index is 514. The van der Waals surface area contributed by atoms with Crippen molar-refractivity contribution in [3.63, 3.8) is 0 Å². The highest BCUT2D eigenvalue weighted by molar-refractivity contribution is 5.92. The van der Waals surface area contributed by atoms with E-state index in [9.17, 15) is 4.79 Å². The van der Waals surface area contributed by atoms with E-state index in [1.807, 2.05) is 12.1 Å². The molecule has 0 bridgehead atoms. The molecular formula is C13H14N2O. The van der Waals surface area contributed by atoms with Crippen LogP contribution < -0.4 is 0 Å². The number of carbonyl (C=O) groups excluding carboxylic acids is 1. The largest absolute Gasteiger partial charge is 0.293 e. The van der Waals surface area contributed by atoms with Crippen LogP contribution in [0, 0.1) is 6.92 Å². The molecule has 0 spiro atoms. The molecule has 0 aliphatic rings. The van der Waals surface area contributed by atoms with Gasteiger partial charge in [0.1, 0.15) is 5.69 Å². The van der Waals surface area contributed by atoms with Crippen molar-refractivity contribution in [1.82, 2.24) is 10.2 Å². The van der Waals surface area contributed by atoms with Crippen molar-refractivity contribution in [3.05, 3.63) is 52.8 Å². The zero-order valence-electron chi connectivity index (χ0n) is 9.45. The second-order valence-corrected chi connectivity index (χ2v) is 4.00. The van der Waals surface area contributed by atoms with Crippen molar-refractivity contribution in [1.29, 1.82) is 0 Å². The van der Waals surface area contributed by atoms with Crippen LogP contribution in [0.5, 0.6) is 0 Å². The van der Waals surface area contributed by atoms with Gasteiger partial charge in [0, 0.05) is 19.0 Å². The van der Waals surface area contributed by atoms with Gasteiger partial charge in [-0.05, 0) is 18.6 Å². The van der Waals surface area contributed by atoms with E-state index < -0.39 is 0 Å². The number of hydrogen-bond acceptors (Lipinski definition) is 2. The summed E-state index contributed by atoms with van der Waals surface area (Å²) in [6, 6.07) is 10.1. The Morgan fingerprint density at radius 1 is 1.38 bits per heavy atom. The van der Waals surface area contributed by atoms with E-state index >= 15 is 0 Å². The lowest BCUT2D eigenvalue weighted by Gasteiger charge is -1.99. The summed E-state index contributed by atoms with van der Waals surface area (Å²) in [4.78, 5) is 11.1. The summed E-state index contributed by atoms with van der Waals surface area (Å²) in [7, 11) is 0. The number of aromatic amines is 1. The maximum atomic E-state index is 11.1. The summed E-state index contributed by atoms with van der Waals surface area (Å²) in [6.45, 7) is 3.59. The Balaban J connectivity index is 2.17. The van der Waals surface area contributed by atoms with Crippen LogP contribution in [0.3, 0.4) is 0 Å². The van der Waals surface area contributed by atoms with Gasteiger partial charge in [-0.1, -0.05) is 29.8 Å². The van der Waals surface area contributed by atoms with Crippen molar-refractivity contribution in [2.24, 2.45) is 0 Å². The van der Waals surface area contributed by atoms with Gasteiger partial charge in [0.25, 0.3) is 0 Å².